The van der Waals surface area contributed by atoms with E-state index >= 15 is 0 Å². The quantitative estimate of drug-likeness (QED) is 0.343. The predicted molar refractivity (Wildman–Crippen MR) is 121 cm³/mol. The number of esters is 1. The predicted octanol–water partition coefficient (Wildman–Crippen LogP) is 0.0210. The van der Waals surface area contributed by atoms with Crippen LogP contribution in [0.5, 0.6) is 0 Å². The number of aliphatic hydroxyl groups excluding tert-OH is 2. The first kappa shape index (κ1) is 30.4. The first-order chi connectivity index (χ1) is 14.9. The number of aliphatic carboxylic acids is 1. The van der Waals surface area contributed by atoms with Gasteiger partial charge >= 0.3 is 35.5 Å². The molecule has 2 N–H and O–H groups in total. The number of carboxylic acid groups (broad SMARTS) is 1. The first-order valence-electron chi connectivity index (χ1n) is 12.0. The second kappa shape index (κ2) is 12.9. The first-order valence-corrected chi connectivity index (χ1v) is 12.0. The van der Waals surface area contributed by atoms with Gasteiger partial charge < -0.3 is 24.9 Å². The molecule has 0 spiro atoms. The maximum Gasteiger partial charge on any atom is 1.00 e. The zero-order valence-electron chi connectivity index (χ0n) is 21.4. The molecule has 0 aliphatic heterocycles. The normalized spacial score (nSPS) is 29.7. The van der Waals surface area contributed by atoms with E-state index in [9.17, 15) is 24.9 Å². The maximum atomic E-state index is 12.9. The Balaban J connectivity index is 0.00000544. The van der Waals surface area contributed by atoms with Crippen molar-refractivity contribution in [2.24, 2.45) is 35.0 Å². The topological polar surface area (TPSA) is 107 Å². The van der Waals surface area contributed by atoms with Crippen molar-refractivity contribution in [1.29, 1.82) is 0 Å². The molecule has 0 bridgehead atoms. The number of fused-ring (bicyclic) bond motifs is 1. The van der Waals surface area contributed by atoms with Crippen molar-refractivity contribution >= 4 is 11.9 Å². The maximum absolute atomic E-state index is 12.9. The molecule has 0 saturated heterocycles. The van der Waals surface area contributed by atoms with E-state index in [0.29, 0.717) is 25.2 Å². The molecule has 6 nitrogen and oxygen atoms in total. The minimum atomic E-state index is -1.32. The van der Waals surface area contributed by atoms with E-state index in [1.54, 1.807) is 0 Å². The summed E-state index contributed by atoms with van der Waals surface area (Å²) in [6, 6.07) is 0. The van der Waals surface area contributed by atoms with E-state index in [-0.39, 0.29) is 65.8 Å². The SMILES string of the molecule is CCC(C)(C)C(=O)O[C@H]1C[C@@H](C)C=C2C=C[C@H](C)C(CCC(O)C[C@@H](O)[C@H](C)C(=O)[O-])C21.[Na+]. The van der Waals surface area contributed by atoms with Crippen LogP contribution >= 0.6 is 0 Å². The van der Waals surface area contributed by atoms with Crippen LogP contribution in [0.4, 0.5) is 0 Å². The van der Waals surface area contributed by atoms with Crippen molar-refractivity contribution in [3.63, 3.8) is 0 Å². The molecule has 7 heteroatoms. The van der Waals surface area contributed by atoms with Gasteiger partial charge in [-0.05, 0) is 69.3 Å². The minimum Gasteiger partial charge on any atom is -0.550 e. The summed E-state index contributed by atoms with van der Waals surface area (Å²) in [6.45, 7) is 11.5. The number of carbonyl (C=O) groups is 2. The Morgan fingerprint density at radius 1 is 1.27 bits per heavy atom. The fourth-order valence-electron chi connectivity index (χ4n) is 4.81. The molecule has 182 valence electrons. The fraction of sp³-hybridized carbons (Fsp3) is 0.769. The Bertz CT molecular complexity index is 730. The van der Waals surface area contributed by atoms with Gasteiger partial charge in [0.2, 0.25) is 0 Å². The van der Waals surface area contributed by atoms with Crippen molar-refractivity contribution in [1.82, 2.24) is 0 Å². The average Bonchev–Trinajstić information content (AvgIpc) is 2.72. The zero-order valence-corrected chi connectivity index (χ0v) is 23.4. The van der Waals surface area contributed by atoms with E-state index < -0.39 is 29.5 Å². The van der Waals surface area contributed by atoms with Crippen LogP contribution in [0.25, 0.3) is 0 Å². The zero-order chi connectivity index (χ0) is 24.2. The molecule has 0 aromatic rings. The molecule has 2 aliphatic carbocycles. The number of aliphatic hydroxyl groups is 2. The van der Waals surface area contributed by atoms with Gasteiger partial charge in [-0.1, -0.05) is 45.9 Å². The Morgan fingerprint density at radius 3 is 2.48 bits per heavy atom. The van der Waals surface area contributed by atoms with Crippen LogP contribution in [0, 0.1) is 35.0 Å². The molecular formula is C26H41NaO6. The summed E-state index contributed by atoms with van der Waals surface area (Å²) in [5.74, 6) is -1.69. The number of allylic oxidation sites excluding steroid dienone is 3. The molecule has 0 fully saturated rings. The summed E-state index contributed by atoms with van der Waals surface area (Å²) >= 11 is 0. The molecule has 0 aromatic carbocycles. The largest absolute Gasteiger partial charge is 1.00 e. The van der Waals surface area contributed by atoms with E-state index in [2.05, 4.69) is 32.1 Å². The minimum absolute atomic E-state index is 0. The van der Waals surface area contributed by atoms with Gasteiger partial charge in [-0.15, -0.1) is 0 Å². The number of carboxylic acids is 1. The van der Waals surface area contributed by atoms with Crippen LogP contribution in [0.2, 0.25) is 0 Å². The molecule has 2 rings (SSSR count). The van der Waals surface area contributed by atoms with Crippen LogP contribution < -0.4 is 34.7 Å². The fourth-order valence-corrected chi connectivity index (χ4v) is 4.81. The summed E-state index contributed by atoms with van der Waals surface area (Å²) < 4.78 is 6.11. The van der Waals surface area contributed by atoms with Crippen molar-refractivity contribution < 1.29 is 59.2 Å². The van der Waals surface area contributed by atoms with Gasteiger partial charge in [-0.25, -0.2) is 0 Å². The monoisotopic (exact) mass is 472 g/mol. The van der Waals surface area contributed by atoms with Gasteiger partial charge in [0, 0.05) is 17.8 Å². The van der Waals surface area contributed by atoms with Gasteiger partial charge in [0.05, 0.1) is 17.6 Å². The number of carbonyl (C=O) groups excluding carboxylic acids is 2. The summed E-state index contributed by atoms with van der Waals surface area (Å²) in [5, 5.41) is 31.5. The Morgan fingerprint density at radius 2 is 1.91 bits per heavy atom. The summed E-state index contributed by atoms with van der Waals surface area (Å²) in [5.41, 5.74) is 0.664. The molecule has 0 aromatic heterocycles. The van der Waals surface area contributed by atoms with E-state index in [1.165, 1.54) is 12.5 Å². The van der Waals surface area contributed by atoms with E-state index in [4.69, 9.17) is 4.74 Å². The number of hydrogen-bond donors (Lipinski definition) is 2. The van der Waals surface area contributed by atoms with Gasteiger partial charge in [0.25, 0.3) is 0 Å². The van der Waals surface area contributed by atoms with Crippen molar-refractivity contribution in [2.75, 3.05) is 0 Å². The Hall–Kier alpha value is -0.660. The van der Waals surface area contributed by atoms with Gasteiger partial charge in [0.15, 0.2) is 0 Å². The van der Waals surface area contributed by atoms with E-state index in [0.717, 1.165) is 6.42 Å². The second-order valence-electron chi connectivity index (χ2n) is 10.6. The van der Waals surface area contributed by atoms with Gasteiger partial charge in [-0.3, -0.25) is 4.79 Å². The van der Waals surface area contributed by atoms with Crippen LogP contribution in [0.15, 0.2) is 23.8 Å². The summed E-state index contributed by atoms with van der Waals surface area (Å²) in [6.07, 6.45) is 7.06. The van der Waals surface area contributed by atoms with Crippen LogP contribution in [-0.2, 0) is 14.3 Å². The third-order valence-electron chi connectivity index (χ3n) is 7.59. The second-order valence-corrected chi connectivity index (χ2v) is 10.6. The Labute approximate surface area is 221 Å². The van der Waals surface area contributed by atoms with Crippen molar-refractivity contribution in [2.45, 2.75) is 92.0 Å². The summed E-state index contributed by atoms with van der Waals surface area (Å²) in [7, 11) is 0. The van der Waals surface area contributed by atoms with Gasteiger partial charge in [-0.2, -0.15) is 0 Å². The molecule has 3 unspecified atom stereocenters. The smallest absolute Gasteiger partial charge is 0.550 e. The van der Waals surface area contributed by atoms with Crippen molar-refractivity contribution in [3.8, 4) is 0 Å². The number of ether oxygens (including phenoxy) is 1. The number of hydrogen-bond acceptors (Lipinski definition) is 6. The standard InChI is InChI=1S/C26H42O6.Na/c1-7-26(5,6)25(31)32-22-13-15(2)12-18-9-8-16(3)20(23(18)22)11-10-19(27)14-21(28)17(4)24(29)30;/h8-9,12,15-17,19-23,27-28H,7,10-11,13-14H2,1-6H3,(H,29,30);/q;+1/p-1/t15-,16-,17-,19?,20?,21+,22-,23?;/m0./s1. The molecule has 2 aliphatic rings. The molecule has 8 atom stereocenters. The number of rotatable bonds is 10. The third kappa shape index (κ3) is 7.93. The molecule has 0 heterocycles. The molecule has 33 heavy (non-hydrogen) atoms. The third-order valence-corrected chi connectivity index (χ3v) is 7.59. The van der Waals surface area contributed by atoms with Crippen molar-refractivity contribution in [3.05, 3.63) is 23.8 Å². The van der Waals surface area contributed by atoms with E-state index in [1.807, 2.05) is 20.8 Å². The Kier molecular flexibility index (Phi) is 11.8. The molecule has 0 saturated carbocycles. The van der Waals surface area contributed by atoms with Crippen LogP contribution in [-0.4, -0.2) is 40.5 Å². The van der Waals surface area contributed by atoms with Gasteiger partial charge in [0.1, 0.15) is 6.10 Å². The molecular weight excluding hydrogens is 431 g/mol. The molecule has 0 radical (unpaired) electrons. The average molecular weight is 473 g/mol. The summed E-state index contributed by atoms with van der Waals surface area (Å²) in [4.78, 5) is 23.8. The van der Waals surface area contributed by atoms with Crippen LogP contribution in [0.1, 0.15) is 73.6 Å². The van der Waals surface area contributed by atoms with Crippen LogP contribution in [0.3, 0.4) is 0 Å². The molecule has 0 amide bonds.